The number of rotatable bonds is 5. The van der Waals surface area contributed by atoms with E-state index < -0.39 is 0 Å². The SMILES string of the molecule is CCCCCn1c2c(c3ccccc31)C[C@H](C(=O)N1CCCCC1)NC2. The number of nitrogens with one attached hydrogen (secondary N) is 1. The number of unbranched alkanes of at least 4 members (excludes halogenated alkanes) is 2. The number of carbonyl (C=O) groups is 1. The first-order valence-corrected chi connectivity index (χ1v) is 10.4. The van der Waals surface area contributed by atoms with Gasteiger partial charge in [0.2, 0.25) is 5.91 Å². The van der Waals surface area contributed by atoms with Crippen molar-refractivity contribution in [3.8, 4) is 0 Å². The van der Waals surface area contributed by atoms with Crippen LogP contribution in [0.5, 0.6) is 0 Å². The molecule has 0 radical (unpaired) electrons. The monoisotopic (exact) mass is 353 g/mol. The van der Waals surface area contributed by atoms with Gasteiger partial charge in [0.05, 0.1) is 6.04 Å². The van der Waals surface area contributed by atoms with Gasteiger partial charge in [-0.2, -0.15) is 0 Å². The topological polar surface area (TPSA) is 37.3 Å². The minimum atomic E-state index is -0.0597. The normalized spacial score (nSPS) is 20.3. The van der Waals surface area contributed by atoms with Crippen molar-refractivity contribution >= 4 is 16.8 Å². The highest BCUT2D eigenvalue weighted by Crippen LogP contribution is 2.31. The maximum atomic E-state index is 13.0. The highest BCUT2D eigenvalue weighted by molar-refractivity contribution is 5.88. The van der Waals surface area contributed by atoms with Gasteiger partial charge in [-0.05, 0) is 43.7 Å². The third-order valence-electron chi connectivity index (χ3n) is 6.07. The lowest BCUT2D eigenvalue weighted by atomic mass is 9.97. The van der Waals surface area contributed by atoms with Crippen LogP contribution in [0.4, 0.5) is 0 Å². The van der Waals surface area contributed by atoms with Crippen LogP contribution in [0.3, 0.4) is 0 Å². The number of likely N-dealkylation sites (tertiary alicyclic amines) is 1. The molecule has 4 nitrogen and oxygen atoms in total. The first-order valence-electron chi connectivity index (χ1n) is 10.4. The van der Waals surface area contributed by atoms with E-state index in [1.165, 1.54) is 47.8 Å². The molecule has 140 valence electrons. The van der Waals surface area contributed by atoms with E-state index in [4.69, 9.17) is 0 Å². The fourth-order valence-corrected chi connectivity index (χ4v) is 4.64. The van der Waals surface area contributed by atoms with Gasteiger partial charge in [0, 0.05) is 42.8 Å². The van der Waals surface area contributed by atoms with Crippen LogP contribution in [-0.4, -0.2) is 34.5 Å². The second kappa shape index (κ2) is 7.83. The van der Waals surface area contributed by atoms with Crippen molar-refractivity contribution in [1.29, 1.82) is 0 Å². The lowest BCUT2D eigenvalue weighted by Gasteiger charge is -2.33. The molecule has 1 aromatic carbocycles. The molecule has 4 rings (SSSR count). The third kappa shape index (κ3) is 3.27. The van der Waals surface area contributed by atoms with Gasteiger partial charge in [-0.1, -0.05) is 38.0 Å². The number of hydrogen-bond acceptors (Lipinski definition) is 2. The molecule has 1 fully saturated rings. The molecule has 1 atom stereocenters. The van der Waals surface area contributed by atoms with Gasteiger partial charge in [-0.25, -0.2) is 0 Å². The number of hydrogen-bond donors (Lipinski definition) is 1. The molecular formula is C22H31N3O. The number of fused-ring (bicyclic) bond motifs is 3. The summed E-state index contributed by atoms with van der Waals surface area (Å²) in [5.74, 6) is 0.304. The number of piperidine rings is 1. The molecule has 2 aliphatic heterocycles. The summed E-state index contributed by atoms with van der Waals surface area (Å²) in [5.41, 5.74) is 4.12. The van der Waals surface area contributed by atoms with E-state index in [2.05, 4.69) is 46.0 Å². The Kier molecular flexibility index (Phi) is 5.30. The summed E-state index contributed by atoms with van der Waals surface area (Å²) in [6.45, 7) is 6.00. The predicted octanol–water partition coefficient (Wildman–Crippen LogP) is 3.86. The lowest BCUT2D eigenvalue weighted by Crippen LogP contribution is -2.50. The second-order valence-electron chi connectivity index (χ2n) is 7.82. The fourth-order valence-electron chi connectivity index (χ4n) is 4.64. The third-order valence-corrected chi connectivity index (χ3v) is 6.07. The maximum Gasteiger partial charge on any atom is 0.240 e. The fraction of sp³-hybridized carbons (Fsp3) is 0.591. The number of benzene rings is 1. The summed E-state index contributed by atoms with van der Waals surface area (Å²) in [7, 11) is 0. The van der Waals surface area contributed by atoms with Gasteiger partial charge in [-0.3, -0.25) is 10.1 Å². The van der Waals surface area contributed by atoms with E-state index in [-0.39, 0.29) is 6.04 Å². The summed E-state index contributed by atoms with van der Waals surface area (Å²) in [4.78, 5) is 15.0. The molecule has 0 aliphatic carbocycles. The second-order valence-corrected chi connectivity index (χ2v) is 7.82. The highest BCUT2D eigenvalue weighted by Gasteiger charge is 2.31. The van der Waals surface area contributed by atoms with Crippen molar-refractivity contribution in [3.63, 3.8) is 0 Å². The van der Waals surface area contributed by atoms with Crippen LogP contribution >= 0.6 is 0 Å². The minimum Gasteiger partial charge on any atom is -0.343 e. The summed E-state index contributed by atoms with van der Waals surface area (Å²) in [6.07, 6.45) is 8.12. The zero-order chi connectivity index (χ0) is 17.9. The quantitative estimate of drug-likeness (QED) is 0.829. The van der Waals surface area contributed by atoms with Crippen LogP contribution in [0.15, 0.2) is 24.3 Å². The van der Waals surface area contributed by atoms with Crippen LogP contribution in [0.2, 0.25) is 0 Å². The van der Waals surface area contributed by atoms with Gasteiger partial charge in [0.1, 0.15) is 0 Å². The molecule has 0 unspecified atom stereocenters. The molecule has 1 amide bonds. The molecule has 1 N–H and O–H groups in total. The molecule has 3 heterocycles. The van der Waals surface area contributed by atoms with Crippen molar-refractivity contribution in [2.75, 3.05) is 13.1 Å². The van der Waals surface area contributed by atoms with Crippen molar-refractivity contribution in [2.45, 2.75) is 71.0 Å². The number of amides is 1. The Bertz CT molecular complexity index is 773. The molecule has 0 bridgehead atoms. The Morgan fingerprint density at radius 2 is 1.96 bits per heavy atom. The highest BCUT2D eigenvalue weighted by atomic mass is 16.2. The first-order chi connectivity index (χ1) is 12.8. The molecule has 1 aromatic heterocycles. The van der Waals surface area contributed by atoms with E-state index in [0.717, 1.165) is 45.4 Å². The molecule has 26 heavy (non-hydrogen) atoms. The molecule has 0 spiro atoms. The van der Waals surface area contributed by atoms with Gasteiger partial charge in [0.15, 0.2) is 0 Å². The Balaban J connectivity index is 1.60. The van der Waals surface area contributed by atoms with E-state index >= 15 is 0 Å². The lowest BCUT2D eigenvalue weighted by molar-refractivity contribution is -0.134. The van der Waals surface area contributed by atoms with E-state index in [9.17, 15) is 4.79 Å². The van der Waals surface area contributed by atoms with Gasteiger partial charge in [-0.15, -0.1) is 0 Å². The molecule has 2 aliphatic rings. The van der Waals surface area contributed by atoms with E-state index in [1.54, 1.807) is 0 Å². The van der Waals surface area contributed by atoms with Crippen LogP contribution < -0.4 is 5.32 Å². The predicted molar refractivity (Wildman–Crippen MR) is 106 cm³/mol. The smallest absolute Gasteiger partial charge is 0.240 e. The Morgan fingerprint density at radius 1 is 1.15 bits per heavy atom. The number of para-hydroxylation sites is 1. The van der Waals surface area contributed by atoms with Crippen molar-refractivity contribution in [2.24, 2.45) is 0 Å². The standard InChI is InChI=1S/C22H31N3O/c1-2-3-7-14-25-20-11-6-5-10-17(20)18-15-19(23-16-21(18)25)22(26)24-12-8-4-9-13-24/h5-6,10-11,19,23H,2-4,7-9,12-16H2,1H3/t19-/m1/s1. The molecule has 2 aromatic rings. The van der Waals surface area contributed by atoms with Crippen LogP contribution in [0.25, 0.3) is 10.9 Å². The van der Waals surface area contributed by atoms with Crippen LogP contribution in [0.1, 0.15) is 56.7 Å². The average molecular weight is 354 g/mol. The van der Waals surface area contributed by atoms with Gasteiger partial charge in [0.25, 0.3) is 0 Å². The Morgan fingerprint density at radius 3 is 2.77 bits per heavy atom. The molecule has 4 heteroatoms. The number of aromatic nitrogens is 1. The average Bonchev–Trinajstić information content (AvgIpc) is 3.02. The minimum absolute atomic E-state index is 0.0597. The summed E-state index contributed by atoms with van der Waals surface area (Å²) in [6, 6.07) is 8.67. The summed E-state index contributed by atoms with van der Waals surface area (Å²) in [5, 5.41) is 4.90. The van der Waals surface area contributed by atoms with E-state index in [0.29, 0.717) is 5.91 Å². The molecular weight excluding hydrogens is 322 g/mol. The molecule has 1 saturated heterocycles. The number of carbonyl (C=O) groups excluding carboxylic acids is 1. The van der Waals surface area contributed by atoms with Crippen molar-refractivity contribution in [3.05, 3.63) is 35.5 Å². The van der Waals surface area contributed by atoms with Gasteiger partial charge >= 0.3 is 0 Å². The Hall–Kier alpha value is -1.81. The number of aryl methyl sites for hydroxylation is 1. The summed E-state index contributed by atoms with van der Waals surface area (Å²) < 4.78 is 2.49. The summed E-state index contributed by atoms with van der Waals surface area (Å²) >= 11 is 0. The largest absolute Gasteiger partial charge is 0.343 e. The zero-order valence-corrected chi connectivity index (χ0v) is 16.0. The van der Waals surface area contributed by atoms with Crippen LogP contribution in [-0.2, 0) is 24.3 Å². The van der Waals surface area contributed by atoms with Gasteiger partial charge < -0.3 is 9.47 Å². The van der Waals surface area contributed by atoms with Crippen molar-refractivity contribution < 1.29 is 4.79 Å². The number of nitrogens with zero attached hydrogens (tertiary/aromatic N) is 2. The van der Waals surface area contributed by atoms with Crippen LogP contribution in [0, 0.1) is 0 Å². The Labute approximate surface area is 156 Å². The molecule has 0 saturated carbocycles. The van der Waals surface area contributed by atoms with E-state index in [1.807, 2.05) is 0 Å². The maximum absolute atomic E-state index is 13.0. The first kappa shape index (κ1) is 17.6. The van der Waals surface area contributed by atoms with Crippen molar-refractivity contribution in [1.82, 2.24) is 14.8 Å². The zero-order valence-electron chi connectivity index (χ0n) is 16.0.